The summed E-state index contributed by atoms with van der Waals surface area (Å²) in [6, 6.07) is 0. The molecule has 3 heterocycles. The molecule has 1 aliphatic carbocycles. The number of fused-ring (bicyclic) bond motifs is 1. The Morgan fingerprint density at radius 2 is 2.12 bits per heavy atom. The fourth-order valence-corrected chi connectivity index (χ4v) is 6.85. The molecule has 7 nitrogen and oxygen atoms in total. The second kappa shape index (κ2) is 9.36. The number of aromatic nitrogens is 3. The molecule has 1 aliphatic rings. The van der Waals surface area contributed by atoms with Crippen LogP contribution in [-0.4, -0.2) is 39.5 Å². The number of nitrogens with zero attached hydrogens (tertiary/aromatic N) is 3. The van der Waals surface area contributed by atoms with Gasteiger partial charge in [0.1, 0.15) is 5.00 Å². The van der Waals surface area contributed by atoms with Crippen LogP contribution in [-0.2, 0) is 29.4 Å². The lowest BCUT2D eigenvalue weighted by Gasteiger charge is -2.18. The van der Waals surface area contributed by atoms with Gasteiger partial charge in [0.05, 0.1) is 18.4 Å². The van der Waals surface area contributed by atoms with E-state index in [1.807, 2.05) is 11.6 Å². The number of thiophene rings is 2. The zero-order valence-electron chi connectivity index (χ0n) is 18.8. The number of carbonyl (C=O) groups is 2. The fourth-order valence-electron chi connectivity index (χ4n) is 3.86. The number of amides is 1. The zero-order chi connectivity index (χ0) is 23.0. The van der Waals surface area contributed by atoms with Gasteiger partial charge in [-0.3, -0.25) is 4.79 Å². The van der Waals surface area contributed by atoms with Crippen molar-refractivity contribution in [3.05, 3.63) is 31.8 Å². The van der Waals surface area contributed by atoms with Crippen LogP contribution in [0.5, 0.6) is 0 Å². The number of nitrogens with one attached hydrogen (secondary N) is 1. The van der Waals surface area contributed by atoms with E-state index in [4.69, 9.17) is 4.74 Å². The number of rotatable bonds is 6. The number of hydrogen-bond acceptors (Lipinski definition) is 8. The average molecular weight is 491 g/mol. The number of ether oxygens (including phenoxy) is 1. The maximum absolute atomic E-state index is 12.7. The molecular weight excluding hydrogens is 464 g/mol. The minimum absolute atomic E-state index is 0.174. The second-order valence-corrected chi connectivity index (χ2v) is 11.2. The summed E-state index contributed by atoms with van der Waals surface area (Å²) in [5, 5.41) is 14.9. The van der Waals surface area contributed by atoms with E-state index in [0.29, 0.717) is 21.6 Å². The summed E-state index contributed by atoms with van der Waals surface area (Å²) in [6.45, 7) is 6.38. The van der Waals surface area contributed by atoms with Gasteiger partial charge >= 0.3 is 5.97 Å². The third-order valence-electron chi connectivity index (χ3n) is 5.85. The van der Waals surface area contributed by atoms with Crippen molar-refractivity contribution in [2.45, 2.75) is 45.2 Å². The van der Waals surface area contributed by atoms with Gasteiger partial charge in [0.2, 0.25) is 5.91 Å². The van der Waals surface area contributed by atoms with Gasteiger partial charge < -0.3 is 14.6 Å². The SMILES string of the molecule is COC(=O)c1c(NC(=O)CSc2nnc(-c3csc(C)c3C)n2C)sc2c1CCC(C)C2. The maximum Gasteiger partial charge on any atom is 0.341 e. The highest BCUT2D eigenvalue weighted by Gasteiger charge is 2.29. The molecule has 0 saturated heterocycles. The molecule has 1 N–H and O–H groups in total. The molecule has 1 unspecified atom stereocenters. The molecule has 0 saturated carbocycles. The molecule has 0 spiro atoms. The van der Waals surface area contributed by atoms with Crippen molar-refractivity contribution in [1.82, 2.24) is 14.8 Å². The Morgan fingerprint density at radius 1 is 1.34 bits per heavy atom. The van der Waals surface area contributed by atoms with E-state index in [1.165, 1.54) is 45.5 Å². The highest BCUT2D eigenvalue weighted by Crippen LogP contribution is 2.40. The van der Waals surface area contributed by atoms with Gasteiger partial charge in [-0.1, -0.05) is 18.7 Å². The largest absolute Gasteiger partial charge is 0.465 e. The van der Waals surface area contributed by atoms with Crippen LogP contribution in [0, 0.1) is 19.8 Å². The van der Waals surface area contributed by atoms with Crippen molar-refractivity contribution in [2.24, 2.45) is 13.0 Å². The van der Waals surface area contributed by atoms with Crippen molar-refractivity contribution >= 4 is 51.3 Å². The molecule has 0 radical (unpaired) electrons. The van der Waals surface area contributed by atoms with Gasteiger partial charge in [0, 0.05) is 27.7 Å². The highest BCUT2D eigenvalue weighted by atomic mass is 32.2. The average Bonchev–Trinajstić information content (AvgIpc) is 3.41. The van der Waals surface area contributed by atoms with Gasteiger partial charge in [0.15, 0.2) is 11.0 Å². The third kappa shape index (κ3) is 4.35. The number of esters is 1. The van der Waals surface area contributed by atoms with Gasteiger partial charge in [-0.05, 0) is 50.2 Å². The van der Waals surface area contributed by atoms with Crippen LogP contribution >= 0.6 is 34.4 Å². The van der Waals surface area contributed by atoms with Crippen molar-refractivity contribution in [1.29, 1.82) is 0 Å². The summed E-state index contributed by atoms with van der Waals surface area (Å²) in [5.74, 6) is 0.973. The smallest absolute Gasteiger partial charge is 0.341 e. The lowest BCUT2D eigenvalue weighted by molar-refractivity contribution is -0.113. The van der Waals surface area contributed by atoms with Crippen LogP contribution in [0.4, 0.5) is 5.00 Å². The molecule has 0 bridgehead atoms. The Hall–Kier alpha value is -2.17. The number of hydrogen-bond donors (Lipinski definition) is 1. The van der Waals surface area contributed by atoms with E-state index in [1.54, 1.807) is 11.3 Å². The Bertz CT molecular complexity index is 1180. The monoisotopic (exact) mass is 490 g/mol. The Balaban J connectivity index is 1.47. The summed E-state index contributed by atoms with van der Waals surface area (Å²) in [5.41, 5.74) is 3.82. The zero-order valence-corrected chi connectivity index (χ0v) is 21.2. The molecule has 0 aliphatic heterocycles. The first kappa shape index (κ1) is 23.0. The Kier molecular flexibility index (Phi) is 6.73. The summed E-state index contributed by atoms with van der Waals surface area (Å²) in [6.07, 6.45) is 2.80. The summed E-state index contributed by atoms with van der Waals surface area (Å²) in [4.78, 5) is 27.6. The summed E-state index contributed by atoms with van der Waals surface area (Å²) < 4.78 is 6.92. The lowest BCUT2D eigenvalue weighted by Crippen LogP contribution is -2.17. The predicted octanol–water partition coefficient (Wildman–Crippen LogP) is 4.86. The van der Waals surface area contributed by atoms with E-state index >= 15 is 0 Å². The van der Waals surface area contributed by atoms with Crippen LogP contribution in [0.2, 0.25) is 0 Å². The van der Waals surface area contributed by atoms with Crippen molar-refractivity contribution in [3.63, 3.8) is 0 Å². The molecule has 3 aromatic rings. The molecular formula is C22H26N4O3S3. The maximum atomic E-state index is 12.7. The fraction of sp³-hybridized carbons (Fsp3) is 0.455. The van der Waals surface area contributed by atoms with Gasteiger partial charge in [-0.2, -0.15) is 0 Å². The minimum Gasteiger partial charge on any atom is -0.465 e. The summed E-state index contributed by atoms with van der Waals surface area (Å²) in [7, 11) is 3.29. The molecule has 170 valence electrons. The molecule has 3 aromatic heterocycles. The number of carbonyl (C=O) groups excluding carboxylic acids is 2. The molecule has 10 heteroatoms. The van der Waals surface area contributed by atoms with Crippen molar-refractivity contribution in [2.75, 3.05) is 18.2 Å². The topological polar surface area (TPSA) is 86.1 Å². The van der Waals surface area contributed by atoms with E-state index in [0.717, 1.165) is 36.2 Å². The quantitative estimate of drug-likeness (QED) is 0.392. The number of methoxy groups -OCH3 is 1. The van der Waals surface area contributed by atoms with Crippen molar-refractivity contribution < 1.29 is 14.3 Å². The minimum atomic E-state index is -0.389. The predicted molar refractivity (Wildman–Crippen MR) is 130 cm³/mol. The standard InChI is InChI=1S/C22H26N4O3S3/c1-11-6-7-14-16(8-11)32-20(18(14)21(28)29-5)23-17(27)10-31-22-25-24-19(26(22)4)15-9-30-13(3)12(15)2/h9,11H,6-8,10H2,1-5H3,(H,23,27). The van der Waals surface area contributed by atoms with Crippen LogP contribution < -0.4 is 5.32 Å². The van der Waals surface area contributed by atoms with E-state index in [9.17, 15) is 9.59 Å². The van der Waals surface area contributed by atoms with Crippen LogP contribution in [0.3, 0.4) is 0 Å². The van der Waals surface area contributed by atoms with Crippen LogP contribution in [0.15, 0.2) is 10.5 Å². The van der Waals surface area contributed by atoms with Gasteiger partial charge in [-0.25, -0.2) is 4.79 Å². The number of anilines is 1. The summed E-state index contributed by atoms with van der Waals surface area (Å²) >= 11 is 4.51. The van der Waals surface area contributed by atoms with Gasteiger partial charge in [-0.15, -0.1) is 32.9 Å². The molecule has 0 fully saturated rings. The second-order valence-electron chi connectivity index (χ2n) is 8.08. The molecule has 4 rings (SSSR count). The molecule has 0 aromatic carbocycles. The molecule has 1 amide bonds. The molecule has 32 heavy (non-hydrogen) atoms. The number of aryl methyl sites for hydroxylation is 1. The lowest BCUT2D eigenvalue weighted by atomic mass is 9.88. The Morgan fingerprint density at radius 3 is 2.81 bits per heavy atom. The third-order valence-corrected chi connectivity index (χ3v) is 9.05. The van der Waals surface area contributed by atoms with Crippen LogP contribution in [0.25, 0.3) is 11.4 Å². The highest BCUT2D eigenvalue weighted by molar-refractivity contribution is 7.99. The first-order valence-corrected chi connectivity index (χ1v) is 13.1. The first-order valence-electron chi connectivity index (χ1n) is 10.4. The van der Waals surface area contributed by atoms with E-state index in [-0.39, 0.29) is 17.6 Å². The number of thioether (sulfide) groups is 1. The van der Waals surface area contributed by atoms with E-state index < -0.39 is 0 Å². The first-order chi connectivity index (χ1) is 15.3. The van der Waals surface area contributed by atoms with E-state index in [2.05, 4.69) is 41.7 Å². The van der Waals surface area contributed by atoms with Gasteiger partial charge in [0.25, 0.3) is 0 Å². The van der Waals surface area contributed by atoms with Crippen LogP contribution in [0.1, 0.15) is 44.6 Å². The normalized spacial score (nSPS) is 15.5. The Labute approximate surface area is 199 Å². The van der Waals surface area contributed by atoms with Crippen molar-refractivity contribution in [3.8, 4) is 11.4 Å². The molecule has 1 atom stereocenters.